The molecule has 0 bridgehead atoms. The predicted octanol–water partition coefficient (Wildman–Crippen LogP) is 4.48. The topological polar surface area (TPSA) is 72.5 Å². The first-order valence-electron chi connectivity index (χ1n) is 9.55. The number of hydrogen-bond acceptors (Lipinski definition) is 7. The van der Waals surface area contributed by atoms with Crippen molar-refractivity contribution in [3.8, 4) is 0 Å². The van der Waals surface area contributed by atoms with Gasteiger partial charge >= 0.3 is 7.82 Å². The fourth-order valence-electron chi connectivity index (χ4n) is 2.77. The summed E-state index contributed by atoms with van der Waals surface area (Å²) in [4.78, 5) is 0. The van der Waals surface area contributed by atoms with Crippen molar-refractivity contribution in [1.29, 1.82) is 0 Å². The molecule has 1 saturated heterocycles. The molecule has 158 valence electrons. The number of hydrogen-bond donors (Lipinski definition) is 0. The maximum Gasteiger partial charge on any atom is 0.475 e. The predicted molar refractivity (Wildman–Crippen MR) is 106 cm³/mol. The van der Waals surface area contributed by atoms with E-state index in [9.17, 15) is 4.57 Å². The molecule has 0 unspecified atom stereocenters. The molecule has 1 fully saturated rings. The smallest absolute Gasteiger partial charge is 0.374 e. The Bertz CT molecular complexity index is 637. The van der Waals surface area contributed by atoms with Gasteiger partial charge < -0.3 is 14.2 Å². The molecule has 1 heterocycles. The van der Waals surface area contributed by atoms with Crippen LogP contribution in [0.15, 0.2) is 42.5 Å². The number of ether oxygens (including phenoxy) is 3. The maximum atomic E-state index is 12.3. The Kier molecular flexibility index (Phi) is 9.31. The van der Waals surface area contributed by atoms with Gasteiger partial charge in [0.25, 0.3) is 0 Å². The summed E-state index contributed by atoms with van der Waals surface area (Å²) in [6.45, 7) is 8.66. The first kappa shape index (κ1) is 23.2. The van der Waals surface area contributed by atoms with Crippen LogP contribution in [0.25, 0.3) is 0 Å². The molecule has 0 aromatic heterocycles. The highest BCUT2D eigenvalue weighted by Crippen LogP contribution is 2.49. The van der Waals surface area contributed by atoms with Gasteiger partial charge in [-0.05, 0) is 33.3 Å². The molecule has 1 aliphatic heterocycles. The SMILES string of the molecule is CCOP(=O)(OCC)OC/C=C\[C@@H]1OC(C)(C)O[C@H]1COCc1ccccc1. The standard InChI is InChI=1S/C20H31O7P/c1-5-23-28(21,24-6-2)25-14-10-13-18-19(27-20(3,4)26-18)16-22-15-17-11-8-7-9-12-17/h7-13,18-19H,5-6,14-16H2,1-4H3/b13-10-/t18-,19-/m0/s1. The van der Waals surface area contributed by atoms with Crippen molar-refractivity contribution in [3.63, 3.8) is 0 Å². The van der Waals surface area contributed by atoms with Gasteiger partial charge in [-0.15, -0.1) is 0 Å². The van der Waals surface area contributed by atoms with Crippen molar-refractivity contribution in [2.75, 3.05) is 26.4 Å². The van der Waals surface area contributed by atoms with Crippen LogP contribution in [-0.2, 0) is 39.0 Å². The summed E-state index contributed by atoms with van der Waals surface area (Å²) in [5.41, 5.74) is 1.10. The van der Waals surface area contributed by atoms with Gasteiger partial charge in [0.1, 0.15) is 12.2 Å². The van der Waals surface area contributed by atoms with E-state index in [0.29, 0.717) is 13.2 Å². The highest BCUT2D eigenvalue weighted by molar-refractivity contribution is 7.48. The van der Waals surface area contributed by atoms with E-state index in [-0.39, 0.29) is 32.0 Å². The number of rotatable bonds is 12. The van der Waals surface area contributed by atoms with E-state index < -0.39 is 13.6 Å². The zero-order valence-electron chi connectivity index (χ0n) is 17.0. The average molecular weight is 414 g/mol. The van der Waals surface area contributed by atoms with Crippen molar-refractivity contribution < 1.29 is 32.3 Å². The van der Waals surface area contributed by atoms with Crippen molar-refractivity contribution in [1.82, 2.24) is 0 Å². The van der Waals surface area contributed by atoms with Crippen LogP contribution >= 0.6 is 7.82 Å². The van der Waals surface area contributed by atoms with E-state index in [1.54, 1.807) is 19.9 Å². The first-order chi connectivity index (χ1) is 13.4. The summed E-state index contributed by atoms with van der Waals surface area (Å²) in [5, 5.41) is 0. The molecule has 0 radical (unpaired) electrons. The second-order valence-electron chi connectivity index (χ2n) is 6.65. The Labute approximate surface area is 167 Å². The van der Waals surface area contributed by atoms with Gasteiger partial charge in [0.05, 0.1) is 33.0 Å². The fourth-order valence-corrected chi connectivity index (χ4v) is 3.90. The lowest BCUT2D eigenvalue weighted by molar-refractivity contribution is -0.148. The Hall–Kier alpha value is -1.05. The van der Waals surface area contributed by atoms with E-state index in [1.165, 1.54) is 0 Å². The number of benzene rings is 1. The van der Waals surface area contributed by atoms with Gasteiger partial charge in [-0.1, -0.05) is 42.5 Å². The lowest BCUT2D eigenvalue weighted by Gasteiger charge is -2.16. The van der Waals surface area contributed by atoms with Crippen LogP contribution in [0.2, 0.25) is 0 Å². The maximum absolute atomic E-state index is 12.3. The van der Waals surface area contributed by atoms with Gasteiger partial charge in [0.15, 0.2) is 5.79 Å². The molecule has 8 heteroatoms. The highest BCUT2D eigenvalue weighted by Gasteiger charge is 2.40. The second-order valence-corrected chi connectivity index (χ2v) is 8.32. The van der Waals surface area contributed by atoms with Crippen LogP contribution in [0, 0.1) is 0 Å². The molecule has 1 aliphatic rings. The lowest BCUT2D eigenvalue weighted by atomic mass is 10.2. The molecule has 7 nitrogen and oxygen atoms in total. The van der Waals surface area contributed by atoms with Crippen molar-refractivity contribution in [2.24, 2.45) is 0 Å². The molecule has 1 aromatic rings. The summed E-state index contributed by atoms with van der Waals surface area (Å²) in [6.07, 6.45) is 3.01. The number of phosphoric acid groups is 1. The monoisotopic (exact) mass is 414 g/mol. The molecule has 0 amide bonds. The zero-order valence-corrected chi connectivity index (χ0v) is 17.9. The third-order valence-corrected chi connectivity index (χ3v) is 5.46. The third-order valence-electron chi connectivity index (χ3n) is 3.84. The largest absolute Gasteiger partial charge is 0.475 e. The molecule has 1 aromatic carbocycles. The third kappa shape index (κ3) is 7.76. The molecular weight excluding hydrogens is 383 g/mol. The normalized spacial score (nSPS) is 22.1. The van der Waals surface area contributed by atoms with Crippen molar-refractivity contribution >= 4 is 7.82 Å². The van der Waals surface area contributed by atoms with Gasteiger partial charge in [0, 0.05) is 0 Å². The van der Waals surface area contributed by atoms with Crippen LogP contribution in [0.1, 0.15) is 33.3 Å². The summed E-state index contributed by atoms with van der Waals surface area (Å²) in [5.74, 6) is -0.706. The average Bonchev–Trinajstić information content (AvgIpc) is 2.94. The molecule has 0 aliphatic carbocycles. The quantitative estimate of drug-likeness (QED) is 0.369. The van der Waals surface area contributed by atoms with E-state index in [1.807, 2.05) is 50.3 Å². The molecular formula is C20H31O7P. The van der Waals surface area contributed by atoms with Crippen LogP contribution < -0.4 is 0 Å². The van der Waals surface area contributed by atoms with E-state index in [4.69, 9.17) is 27.8 Å². The minimum atomic E-state index is -3.52. The van der Waals surface area contributed by atoms with Crippen molar-refractivity contribution in [3.05, 3.63) is 48.0 Å². The van der Waals surface area contributed by atoms with Crippen LogP contribution in [0.4, 0.5) is 0 Å². The minimum absolute atomic E-state index is 0.0785. The van der Waals surface area contributed by atoms with E-state index in [2.05, 4.69) is 0 Å². The summed E-state index contributed by atoms with van der Waals surface area (Å²) < 4.78 is 45.4. The van der Waals surface area contributed by atoms with Crippen LogP contribution in [0.3, 0.4) is 0 Å². The highest BCUT2D eigenvalue weighted by atomic mass is 31.2. The van der Waals surface area contributed by atoms with Gasteiger partial charge in [-0.2, -0.15) is 0 Å². The van der Waals surface area contributed by atoms with Crippen molar-refractivity contribution in [2.45, 2.75) is 52.3 Å². The molecule has 0 saturated carbocycles. The summed E-state index contributed by atoms with van der Waals surface area (Å²) in [6, 6.07) is 9.95. The molecule has 28 heavy (non-hydrogen) atoms. The Morgan fingerprint density at radius 3 is 2.39 bits per heavy atom. The number of phosphoric ester groups is 1. The molecule has 0 N–H and O–H groups in total. The zero-order chi connectivity index (χ0) is 20.5. The second kappa shape index (κ2) is 11.2. The molecule has 2 atom stereocenters. The fraction of sp³-hybridized carbons (Fsp3) is 0.600. The van der Waals surface area contributed by atoms with Crippen LogP contribution in [0.5, 0.6) is 0 Å². The summed E-state index contributed by atoms with van der Waals surface area (Å²) in [7, 11) is -3.52. The minimum Gasteiger partial charge on any atom is -0.374 e. The lowest BCUT2D eigenvalue weighted by Crippen LogP contribution is -2.26. The van der Waals surface area contributed by atoms with Crippen LogP contribution in [-0.4, -0.2) is 44.4 Å². The van der Waals surface area contributed by atoms with Gasteiger partial charge in [-0.25, -0.2) is 4.57 Å². The Morgan fingerprint density at radius 2 is 1.75 bits per heavy atom. The summed E-state index contributed by atoms with van der Waals surface area (Å²) >= 11 is 0. The van der Waals surface area contributed by atoms with E-state index >= 15 is 0 Å². The van der Waals surface area contributed by atoms with Gasteiger partial charge in [-0.3, -0.25) is 13.6 Å². The molecule has 2 rings (SSSR count). The first-order valence-corrected chi connectivity index (χ1v) is 11.0. The van der Waals surface area contributed by atoms with Gasteiger partial charge in [0.2, 0.25) is 0 Å². The Balaban J connectivity index is 1.84. The molecule has 0 spiro atoms. The van der Waals surface area contributed by atoms with E-state index in [0.717, 1.165) is 5.56 Å². The Morgan fingerprint density at radius 1 is 1.07 bits per heavy atom.